The Labute approximate surface area is 111 Å². The van der Waals surface area contributed by atoms with Gasteiger partial charge in [-0.3, -0.25) is 4.79 Å². The van der Waals surface area contributed by atoms with Crippen LogP contribution >= 0.6 is 11.3 Å². The highest BCUT2D eigenvalue weighted by Crippen LogP contribution is 2.26. The van der Waals surface area contributed by atoms with E-state index in [1.54, 1.807) is 0 Å². The van der Waals surface area contributed by atoms with Gasteiger partial charge in [-0.2, -0.15) is 0 Å². The summed E-state index contributed by atoms with van der Waals surface area (Å²) in [6, 6.07) is 0. The van der Waals surface area contributed by atoms with Crippen LogP contribution in [-0.2, 0) is 4.74 Å². The average molecular weight is 269 g/mol. The molecule has 0 unspecified atom stereocenters. The predicted molar refractivity (Wildman–Crippen MR) is 72.5 cm³/mol. The van der Waals surface area contributed by atoms with Gasteiger partial charge in [-0.15, -0.1) is 0 Å². The second-order valence-electron chi connectivity index (χ2n) is 4.27. The molecule has 1 aromatic rings. The van der Waals surface area contributed by atoms with Gasteiger partial charge >= 0.3 is 0 Å². The first-order valence-electron chi connectivity index (χ1n) is 6.30. The maximum absolute atomic E-state index is 11.9. The van der Waals surface area contributed by atoms with E-state index in [0.717, 1.165) is 48.4 Å². The molecule has 1 aliphatic rings. The van der Waals surface area contributed by atoms with Crippen molar-refractivity contribution in [3.05, 3.63) is 10.6 Å². The predicted octanol–water partition coefficient (Wildman–Crippen LogP) is 1.43. The lowest BCUT2D eigenvalue weighted by Gasteiger charge is -2.25. The second-order valence-corrected chi connectivity index (χ2v) is 5.24. The molecule has 0 saturated carbocycles. The van der Waals surface area contributed by atoms with Crippen LogP contribution in [0.3, 0.4) is 0 Å². The molecule has 1 aromatic heterocycles. The number of hydrogen-bond donors (Lipinski definition) is 1. The molecule has 0 radical (unpaired) electrons. The van der Waals surface area contributed by atoms with Crippen LogP contribution in [-0.4, -0.2) is 43.7 Å². The van der Waals surface area contributed by atoms with E-state index in [4.69, 9.17) is 4.74 Å². The van der Waals surface area contributed by atoms with Crippen LogP contribution < -0.4 is 10.2 Å². The molecule has 1 amide bonds. The van der Waals surface area contributed by atoms with E-state index in [9.17, 15) is 4.79 Å². The van der Waals surface area contributed by atoms with Crippen LogP contribution in [0.1, 0.15) is 28.7 Å². The lowest BCUT2D eigenvalue weighted by atomic mass is 10.3. The van der Waals surface area contributed by atoms with E-state index in [0.29, 0.717) is 6.54 Å². The Kier molecular flexibility index (Phi) is 4.54. The number of amides is 1. The molecule has 0 aliphatic carbocycles. The topological polar surface area (TPSA) is 54.5 Å². The molecule has 0 atom stereocenters. The van der Waals surface area contributed by atoms with Crippen LogP contribution in [0.5, 0.6) is 0 Å². The van der Waals surface area contributed by atoms with E-state index in [-0.39, 0.29) is 5.91 Å². The monoisotopic (exact) mass is 269 g/mol. The van der Waals surface area contributed by atoms with Gasteiger partial charge in [0.05, 0.1) is 18.9 Å². The highest BCUT2D eigenvalue weighted by molar-refractivity contribution is 7.17. The molecule has 1 aliphatic heterocycles. The smallest absolute Gasteiger partial charge is 0.263 e. The van der Waals surface area contributed by atoms with Gasteiger partial charge in [0, 0.05) is 19.6 Å². The maximum Gasteiger partial charge on any atom is 0.263 e. The molecule has 2 rings (SSSR count). The average Bonchev–Trinajstić information content (AvgIpc) is 2.79. The van der Waals surface area contributed by atoms with Gasteiger partial charge < -0.3 is 15.0 Å². The minimum atomic E-state index is -0.00800. The zero-order valence-corrected chi connectivity index (χ0v) is 11.7. The molecule has 0 spiro atoms. The first-order valence-corrected chi connectivity index (χ1v) is 7.12. The summed E-state index contributed by atoms with van der Waals surface area (Å²) < 4.78 is 5.31. The minimum Gasteiger partial charge on any atom is -0.378 e. The number of aromatic nitrogens is 1. The maximum atomic E-state index is 11.9. The second kappa shape index (κ2) is 6.15. The summed E-state index contributed by atoms with van der Waals surface area (Å²) in [6.07, 6.45) is 0.944. The van der Waals surface area contributed by atoms with Crippen molar-refractivity contribution >= 4 is 22.4 Å². The number of ether oxygens (including phenoxy) is 1. The zero-order valence-electron chi connectivity index (χ0n) is 10.9. The standard InChI is InChI=1S/C12H19N3O2S/c1-3-4-13-11(16)10-9(2)14-12(18-10)15-5-7-17-8-6-15/h3-8H2,1-2H3,(H,13,16). The number of hydrogen-bond acceptors (Lipinski definition) is 5. The number of anilines is 1. The highest BCUT2D eigenvalue weighted by Gasteiger charge is 2.19. The van der Waals surface area contributed by atoms with Gasteiger partial charge in [-0.25, -0.2) is 4.98 Å². The Morgan fingerprint density at radius 1 is 1.50 bits per heavy atom. The van der Waals surface area contributed by atoms with Crippen molar-refractivity contribution in [2.24, 2.45) is 0 Å². The lowest BCUT2D eigenvalue weighted by molar-refractivity contribution is 0.0957. The summed E-state index contributed by atoms with van der Waals surface area (Å²) in [4.78, 5) is 19.3. The van der Waals surface area contributed by atoms with E-state index in [1.807, 2.05) is 13.8 Å². The Morgan fingerprint density at radius 2 is 2.22 bits per heavy atom. The van der Waals surface area contributed by atoms with Crippen molar-refractivity contribution in [2.75, 3.05) is 37.7 Å². The number of aryl methyl sites for hydroxylation is 1. The van der Waals surface area contributed by atoms with Crippen LogP contribution in [0.2, 0.25) is 0 Å². The van der Waals surface area contributed by atoms with Crippen LogP contribution in [0.15, 0.2) is 0 Å². The number of rotatable bonds is 4. The normalized spacial score (nSPS) is 15.8. The Morgan fingerprint density at radius 3 is 2.89 bits per heavy atom. The molecule has 1 saturated heterocycles. The van der Waals surface area contributed by atoms with Crippen molar-refractivity contribution in [1.82, 2.24) is 10.3 Å². The van der Waals surface area contributed by atoms with Gasteiger partial charge in [0.15, 0.2) is 5.13 Å². The zero-order chi connectivity index (χ0) is 13.0. The van der Waals surface area contributed by atoms with Crippen molar-refractivity contribution in [3.63, 3.8) is 0 Å². The summed E-state index contributed by atoms with van der Waals surface area (Å²) in [5.41, 5.74) is 0.815. The molecule has 5 nitrogen and oxygen atoms in total. The molecule has 1 N–H and O–H groups in total. The molecular formula is C12H19N3O2S. The van der Waals surface area contributed by atoms with Crippen LogP contribution in [0.4, 0.5) is 5.13 Å². The molecule has 100 valence electrons. The number of morpholine rings is 1. The van der Waals surface area contributed by atoms with Crippen molar-refractivity contribution < 1.29 is 9.53 Å². The summed E-state index contributed by atoms with van der Waals surface area (Å²) in [6.45, 7) is 7.81. The van der Waals surface area contributed by atoms with Crippen LogP contribution in [0.25, 0.3) is 0 Å². The molecule has 6 heteroatoms. The highest BCUT2D eigenvalue weighted by atomic mass is 32.1. The first kappa shape index (κ1) is 13.3. The van der Waals surface area contributed by atoms with Crippen molar-refractivity contribution in [1.29, 1.82) is 0 Å². The summed E-state index contributed by atoms with van der Waals surface area (Å²) in [7, 11) is 0. The lowest BCUT2D eigenvalue weighted by Crippen LogP contribution is -2.36. The van der Waals surface area contributed by atoms with Gasteiger partial charge in [-0.05, 0) is 13.3 Å². The van der Waals surface area contributed by atoms with Crippen LogP contribution in [0, 0.1) is 6.92 Å². The third-order valence-electron chi connectivity index (χ3n) is 2.81. The van der Waals surface area contributed by atoms with Gasteiger partial charge in [-0.1, -0.05) is 18.3 Å². The molecule has 2 heterocycles. The molecule has 0 bridgehead atoms. The number of carbonyl (C=O) groups excluding carboxylic acids is 1. The Balaban J connectivity index is 2.08. The fourth-order valence-corrected chi connectivity index (χ4v) is 2.84. The van der Waals surface area contributed by atoms with E-state index in [1.165, 1.54) is 11.3 Å². The van der Waals surface area contributed by atoms with Crippen molar-refractivity contribution in [2.45, 2.75) is 20.3 Å². The Hall–Kier alpha value is -1.14. The summed E-state index contributed by atoms with van der Waals surface area (Å²) >= 11 is 1.47. The van der Waals surface area contributed by atoms with E-state index in [2.05, 4.69) is 15.2 Å². The minimum absolute atomic E-state index is 0.00800. The fourth-order valence-electron chi connectivity index (χ4n) is 1.80. The first-order chi connectivity index (χ1) is 8.72. The van der Waals surface area contributed by atoms with Gasteiger partial charge in [0.1, 0.15) is 4.88 Å². The van der Waals surface area contributed by atoms with Crippen molar-refractivity contribution in [3.8, 4) is 0 Å². The third-order valence-corrected chi connectivity index (χ3v) is 4.03. The number of nitrogens with one attached hydrogen (secondary N) is 1. The summed E-state index contributed by atoms with van der Waals surface area (Å²) in [5.74, 6) is -0.00800. The van der Waals surface area contributed by atoms with Gasteiger partial charge in [0.2, 0.25) is 0 Å². The number of nitrogens with zero attached hydrogens (tertiary/aromatic N) is 2. The van der Waals surface area contributed by atoms with E-state index >= 15 is 0 Å². The number of carbonyl (C=O) groups is 1. The Bertz CT molecular complexity index is 413. The fraction of sp³-hybridized carbons (Fsp3) is 0.667. The van der Waals surface area contributed by atoms with E-state index < -0.39 is 0 Å². The summed E-state index contributed by atoms with van der Waals surface area (Å²) in [5, 5.41) is 3.82. The number of thiazole rings is 1. The third kappa shape index (κ3) is 3.00. The SMILES string of the molecule is CCCNC(=O)c1sc(N2CCOCC2)nc1C. The van der Waals surface area contributed by atoms with Gasteiger partial charge in [0.25, 0.3) is 5.91 Å². The molecular weight excluding hydrogens is 250 g/mol. The molecule has 1 fully saturated rings. The molecule has 0 aromatic carbocycles. The largest absolute Gasteiger partial charge is 0.378 e. The quantitative estimate of drug-likeness (QED) is 0.898. The molecule has 18 heavy (non-hydrogen) atoms.